The van der Waals surface area contributed by atoms with Crippen molar-refractivity contribution in [2.75, 3.05) is 40.0 Å². The Kier molecular flexibility index (Phi) is 5.86. The van der Waals surface area contributed by atoms with Crippen molar-refractivity contribution in [3.05, 3.63) is 16.1 Å². The number of hydrogen-bond donors (Lipinski definition) is 0. The summed E-state index contributed by atoms with van der Waals surface area (Å²) in [6.45, 7) is 5.49. The zero-order chi connectivity index (χ0) is 17.0. The number of piperidine rings is 1. The molecule has 6 nitrogen and oxygen atoms in total. The van der Waals surface area contributed by atoms with Gasteiger partial charge in [0, 0.05) is 37.6 Å². The minimum atomic E-state index is -0.106. The van der Waals surface area contributed by atoms with Crippen LogP contribution in [0.3, 0.4) is 0 Å². The number of carbonyl (C=O) groups excluding carboxylic acids is 1. The van der Waals surface area contributed by atoms with Crippen molar-refractivity contribution in [1.29, 1.82) is 0 Å². The number of rotatable bonds is 6. The molecule has 0 N–H and O–H groups in total. The lowest BCUT2D eigenvalue weighted by Crippen LogP contribution is -2.58. The van der Waals surface area contributed by atoms with Gasteiger partial charge in [-0.2, -0.15) is 0 Å². The second-order valence-corrected chi connectivity index (χ2v) is 7.78. The molecule has 7 heteroatoms. The lowest BCUT2D eigenvalue weighted by Gasteiger charge is -2.50. The first-order chi connectivity index (χ1) is 11.6. The topological polar surface area (TPSA) is 60.9 Å². The Morgan fingerprint density at radius 2 is 2.46 bits per heavy atom. The molecular weight excluding hydrogens is 328 g/mol. The average molecular weight is 354 g/mol. The molecule has 2 aliphatic rings. The Labute approximate surface area is 147 Å². The standard InChI is InChI=1S/C17H26N2O4S/c1-13-18-14(10-24-13)8-22-12-17-5-3-7-23-15(17)4-6-19(11-17)16(20)9-21-2/h10,15H,3-9,11-12H2,1-2H3. The molecule has 0 spiro atoms. The van der Waals surface area contributed by atoms with Crippen molar-refractivity contribution in [3.63, 3.8) is 0 Å². The van der Waals surface area contributed by atoms with Crippen LogP contribution in [0.4, 0.5) is 0 Å². The summed E-state index contributed by atoms with van der Waals surface area (Å²) >= 11 is 1.64. The normalized spacial score (nSPS) is 27.1. The zero-order valence-corrected chi connectivity index (χ0v) is 15.3. The third-order valence-corrected chi connectivity index (χ3v) is 5.74. The first-order valence-corrected chi connectivity index (χ1v) is 9.38. The third kappa shape index (κ3) is 3.96. The van der Waals surface area contributed by atoms with Gasteiger partial charge < -0.3 is 19.1 Å². The molecule has 0 radical (unpaired) electrons. The molecule has 0 aliphatic carbocycles. The van der Waals surface area contributed by atoms with E-state index in [9.17, 15) is 4.79 Å². The van der Waals surface area contributed by atoms with E-state index in [1.807, 2.05) is 17.2 Å². The van der Waals surface area contributed by atoms with Crippen LogP contribution in [-0.4, -0.2) is 61.9 Å². The van der Waals surface area contributed by atoms with Crippen LogP contribution in [0.15, 0.2) is 5.38 Å². The highest BCUT2D eigenvalue weighted by Crippen LogP contribution is 2.40. The van der Waals surface area contributed by atoms with Crippen LogP contribution in [0.2, 0.25) is 0 Å². The summed E-state index contributed by atoms with van der Waals surface area (Å²) in [4.78, 5) is 18.6. The van der Waals surface area contributed by atoms with Crippen LogP contribution in [0.25, 0.3) is 0 Å². The number of hydrogen-bond acceptors (Lipinski definition) is 6. The van der Waals surface area contributed by atoms with Crippen LogP contribution >= 0.6 is 11.3 Å². The Bertz CT molecular complexity index is 565. The summed E-state index contributed by atoms with van der Waals surface area (Å²) in [5, 5.41) is 3.09. The van der Waals surface area contributed by atoms with Crippen molar-refractivity contribution in [2.24, 2.45) is 5.41 Å². The quantitative estimate of drug-likeness (QED) is 0.782. The second-order valence-electron chi connectivity index (χ2n) is 6.71. The maximum Gasteiger partial charge on any atom is 0.248 e. The molecule has 1 aromatic heterocycles. The first kappa shape index (κ1) is 17.8. The molecule has 1 aromatic rings. The Morgan fingerprint density at radius 3 is 3.21 bits per heavy atom. The maximum atomic E-state index is 12.2. The molecule has 2 unspecified atom stereocenters. The minimum Gasteiger partial charge on any atom is -0.377 e. The number of ether oxygens (including phenoxy) is 3. The van der Waals surface area contributed by atoms with Gasteiger partial charge >= 0.3 is 0 Å². The molecule has 2 fully saturated rings. The van der Waals surface area contributed by atoms with Gasteiger partial charge in [0.1, 0.15) is 6.61 Å². The summed E-state index contributed by atoms with van der Waals surface area (Å²) in [6.07, 6.45) is 3.09. The number of likely N-dealkylation sites (tertiary alicyclic amines) is 1. The molecule has 24 heavy (non-hydrogen) atoms. The molecule has 2 atom stereocenters. The van der Waals surface area contributed by atoms with Crippen molar-refractivity contribution in [1.82, 2.24) is 9.88 Å². The van der Waals surface area contributed by atoms with Crippen molar-refractivity contribution < 1.29 is 19.0 Å². The molecule has 0 bridgehead atoms. The third-order valence-electron chi connectivity index (χ3n) is 4.91. The highest BCUT2D eigenvalue weighted by atomic mass is 32.1. The maximum absolute atomic E-state index is 12.2. The van der Waals surface area contributed by atoms with Gasteiger partial charge in [0.05, 0.1) is 30.0 Å². The Balaban J connectivity index is 1.63. The van der Waals surface area contributed by atoms with Gasteiger partial charge in [0.25, 0.3) is 0 Å². The number of fused-ring (bicyclic) bond motifs is 1. The minimum absolute atomic E-state index is 0.0519. The van der Waals surface area contributed by atoms with E-state index in [2.05, 4.69) is 4.98 Å². The van der Waals surface area contributed by atoms with Gasteiger partial charge in [-0.25, -0.2) is 4.98 Å². The summed E-state index contributed by atoms with van der Waals surface area (Å²) in [6, 6.07) is 0. The van der Waals surface area contributed by atoms with Crippen LogP contribution in [0.1, 0.15) is 30.0 Å². The largest absolute Gasteiger partial charge is 0.377 e. The molecule has 134 valence electrons. The van der Waals surface area contributed by atoms with E-state index in [1.54, 1.807) is 18.4 Å². The number of methoxy groups -OCH3 is 1. The van der Waals surface area contributed by atoms with Gasteiger partial charge in [0.15, 0.2) is 0 Å². The average Bonchev–Trinajstić information content (AvgIpc) is 2.99. The second kappa shape index (κ2) is 7.91. The number of carbonyl (C=O) groups is 1. The predicted octanol–water partition coefficient (Wildman–Crippen LogP) is 2.01. The Hall–Kier alpha value is -1.02. The molecule has 3 rings (SSSR count). The smallest absolute Gasteiger partial charge is 0.248 e. The summed E-state index contributed by atoms with van der Waals surface area (Å²) < 4.78 is 17.0. The molecule has 3 heterocycles. The number of thiazole rings is 1. The number of nitrogens with zero attached hydrogens (tertiary/aromatic N) is 2. The number of aryl methyl sites for hydroxylation is 1. The molecule has 0 aromatic carbocycles. The summed E-state index contributed by atoms with van der Waals surface area (Å²) in [7, 11) is 1.56. The predicted molar refractivity (Wildman–Crippen MR) is 91.0 cm³/mol. The van der Waals surface area contributed by atoms with E-state index in [-0.39, 0.29) is 24.0 Å². The lowest BCUT2D eigenvalue weighted by atomic mass is 9.73. The van der Waals surface area contributed by atoms with Gasteiger partial charge in [-0.15, -0.1) is 11.3 Å². The van der Waals surface area contributed by atoms with E-state index >= 15 is 0 Å². The highest BCUT2D eigenvalue weighted by Gasteiger charge is 2.47. The van der Waals surface area contributed by atoms with E-state index in [4.69, 9.17) is 14.2 Å². The monoisotopic (exact) mass is 354 g/mol. The molecule has 2 aliphatic heterocycles. The SMILES string of the molecule is COCC(=O)N1CCC2OCCCC2(COCc2csc(C)n2)C1. The number of amides is 1. The lowest BCUT2D eigenvalue weighted by molar-refractivity contribution is -0.168. The fraction of sp³-hybridized carbons (Fsp3) is 0.765. The van der Waals surface area contributed by atoms with E-state index < -0.39 is 0 Å². The van der Waals surface area contributed by atoms with E-state index in [0.717, 1.165) is 43.1 Å². The van der Waals surface area contributed by atoms with Crippen LogP contribution in [-0.2, 0) is 25.6 Å². The van der Waals surface area contributed by atoms with Crippen molar-refractivity contribution in [2.45, 2.75) is 38.9 Å². The number of aromatic nitrogens is 1. The van der Waals surface area contributed by atoms with Gasteiger partial charge in [-0.1, -0.05) is 0 Å². The van der Waals surface area contributed by atoms with Gasteiger partial charge in [-0.3, -0.25) is 4.79 Å². The molecule has 0 saturated carbocycles. The molecular formula is C17H26N2O4S. The summed E-state index contributed by atoms with van der Waals surface area (Å²) in [5.41, 5.74) is 0.871. The van der Waals surface area contributed by atoms with Gasteiger partial charge in [-0.05, 0) is 26.2 Å². The van der Waals surface area contributed by atoms with E-state index in [0.29, 0.717) is 19.8 Å². The fourth-order valence-corrected chi connectivity index (χ4v) is 4.36. The highest BCUT2D eigenvalue weighted by molar-refractivity contribution is 7.09. The zero-order valence-electron chi connectivity index (χ0n) is 14.5. The van der Waals surface area contributed by atoms with Crippen molar-refractivity contribution >= 4 is 17.2 Å². The Morgan fingerprint density at radius 1 is 1.58 bits per heavy atom. The molecule has 1 amide bonds. The molecule has 2 saturated heterocycles. The van der Waals surface area contributed by atoms with Gasteiger partial charge in [0.2, 0.25) is 5.91 Å². The first-order valence-electron chi connectivity index (χ1n) is 8.50. The van der Waals surface area contributed by atoms with Crippen LogP contribution < -0.4 is 0 Å². The van der Waals surface area contributed by atoms with Crippen LogP contribution in [0, 0.1) is 12.3 Å². The summed E-state index contributed by atoms with van der Waals surface area (Å²) in [5.74, 6) is 0.0519. The fourth-order valence-electron chi connectivity index (χ4n) is 3.76. The van der Waals surface area contributed by atoms with Crippen molar-refractivity contribution in [3.8, 4) is 0 Å². The van der Waals surface area contributed by atoms with E-state index in [1.165, 1.54) is 0 Å². The van der Waals surface area contributed by atoms with Crippen LogP contribution in [0.5, 0.6) is 0 Å².